The topological polar surface area (TPSA) is 81.2 Å². The van der Waals surface area contributed by atoms with E-state index in [0.717, 1.165) is 5.56 Å². The number of aryl methyl sites for hydroxylation is 2. The molecule has 6 nitrogen and oxygen atoms in total. The fourth-order valence-corrected chi connectivity index (χ4v) is 1.44. The van der Waals surface area contributed by atoms with Crippen LogP contribution in [0.5, 0.6) is 0 Å². The Morgan fingerprint density at radius 1 is 1.53 bits per heavy atom. The van der Waals surface area contributed by atoms with Gasteiger partial charge in [0.05, 0.1) is 12.4 Å². The van der Waals surface area contributed by atoms with Crippen LogP contribution in [0.3, 0.4) is 0 Å². The molecule has 0 amide bonds. The van der Waals surface area contributed by atoms with Crippen LogP contribution in [-0.4, -0.2) is 26.0 Å². The maximum absolute atomic E-state index is 10.9. The van der Waals surface area contributed by atoms with Crippen molar-refractivity contribution in [1.29, 1.82) is 0 Å². The number of nitrogens with zero attached hydrogens (tertiary/aromatic N) is 3. The molecule has 0 spiro atoms. The first-order valence-corrected chi connectivity index (χ1v) is 4.28. The van der Waals surface area contributed by atoms with Crippen molar-refractivity contribution in [2.45, 2.75) is 6.92 Å². The van der Waals surface area contributed by atoms with Crippen LogP contribution in [0.25, 0.3) is 11.5 Å². The van der Waals surface area contributed by atoms with Crippen LogP contribution < -0.4 is 0 Å². The third-order valence-electron chi connectivity index (χ3n) is 2.14. The molecular formula is C9H9N3O3. The predicted molar refractivity (Wildman–Crippen MR) is 50.4 cm³/mol. The van der Waals surface area contributed by atoms with Crippen LogP contribution in [0.1, 0.15) is 15.9 Å². The Labute approximate surface area is 85.1 Å². The van der Waals surface area contributed by atoms with Gasteiger partial charge < -0.3 is 9.63 Å². The summed E-state index contributed by atoms with van der Waals surface area (Å²) in [5.41, 5.74) is 1.52. The van der Waals surface area contributed by atoms with Gasteiger partial charge in [0, 0.05) is 7.05 Å². The Kier molecular flexibility index (Phi) is 2.03. The van der Waals surface area contributed by atoms with E-state index in [1.165, 1.54) is 6.20 Å². The monoisotopic (exact) mass is 207 g/mol. The molecule has 0 fully saturated rings. The lowest BCUT2D eigenvalue weighted by Gasteiger charge is -1.99. The minimum atomic E-state index is -1.06. The first-order chi connectivity index (χ1) is 7.11. The molecule has 15 heavy (non-hydrogen) atoms. The summed E-state index contributed by atoms with van der Waals surface area (Å²) in [6, 6.07) is 0. The van der Waals surface area contributed by atoms with Crippen molar-refractivity contribution in [1.82, 2.24) is 14.9 Å². The maximum atomic E-state index is 10.9. The molecule has 0 aliphatic rings. The average molecular weight is 207 g/mol. The molecule has 1 N–H and O–H groups in total. The van der Waals surface area contributed by atoms with Gasteiger partial charge in [0.15, 0.2) is 5.76 Å². The van der Waals surface area contributed by atoms with Crippen molar-refractivity contribution < 1.29 is 14.4 Å². The van der Waals surface area contributed by atoms with Gasteiger partial charge in [-0.15, -0.1) is 0 Å². The predicted octanol–water partition coefficient (Wildman–Crippen LogP) is 1.08. The van der Waals surface area contributed by atoms with E-state index in [1.54, 1.807) is 17.9 Å². The lowest BCUT2D eigenvalue weighted by Crippen LogP contribution is -2.00. The Bertz CT molecular complexity index is 493. The zero-order valence-electron chi connectivity index (χ0n) is 8.26. The molecule has 0 atom stereocenters. The average Bonchev–Trinajstić information content (AvgIpc) is 2.73. The summed E-state index contributed by atoms with van der Waals surface area (Å²) in [5, 5.41) is 16.4. The molecule has 0 aliphatic heterocycles. The summed E-state index contributed by atoms with van der Waals surface area (Å²) >= 11 is 0. The van der Waals surface area contributed by atoms with Crippen LogP contribution in [-0.2, 0) is 7.05 Å². The summed E-state index contributed by atoms with van der Waals surface area (Å²) < 4.78 is 6.50. The van der Waals surface area contributed by atoms with Gasteiger partial charge in [-0.2, -0.15) is 5.10 Å². The van der Waals surface area contributed by atoms with Gasteiger partial charge in [0.2, 0.25) is 0 Å². The Morgan fingerprint density at radius 2 is 2.27 bits per heavy atom. The largest absolute Gasteiger partial charge is 0.477 e. The molecule has 2 heterocycles. The smallest absolute Gasteiger partial charge is 0.341 e. The molecular weight excluding hydrogens is 198 g/mol. The van der Waals surface area contributed by atoms with Crippen molar-refractivity contribution in [3.8, 4) is 11.5 Å². The highest BCUT2D eigenvalue weighted by Gasteiger charge is 2.21. The Balaban J connectivity index is 2.64. The summed E-state index contributed by atoms with van der Waals surface area (Å²) in [6.45, 7) is 1.83. The molecule has 2 rings (SSSR count). The number of carboxylic acids is 1. The highest BCUT2D eigenvalue weighted by atomic mass is 16.5. The number of aromatic nitrogens is 3. The van der Waals surface area contributed by atoms with E-state index in [4.69, 9.17) is 9.63 Å². The van der Waals surface area contributed by atoms with Crippen molar-refractivity contribution in [2.24, 2.45) is 7.05 Å². The standard InChI is InChI=1S/C9H9N3O3/c1-5-3-10-12(2)7(5)8-6(9(13)14)4-11-15-8/h3-4H,1-2H3,(H,13,14). The van der Waals surface area contributed by atoms with Crippen molar-refractivity contribution >= 4 is 5.97 Å². The first-order valence-electron chi connectivity index (χ1n) is 4.28. The SMILES string of the molecule is Cc1cnn(C)c1-c1oncc1C(=O)O. The fourth-order valence-electron chi connectivity index (χ4n) is 1.44. The lowest BCUT2D eigenvalue weighted by atomic mass is 10.1. The van der Waals surface area contributed by atoms with Crippen LogP contribution in [0.2, 0.25) is 0 Å². The first kappa shape index (κ1) is 9.45. The van der Waals surface area contributed by atoms with Crippen LogP contribution in [0.4, 0.5) is 0 Å². The van der Waals surface area contributed by atoms with E-state index in [1.807, 2.05) is 6.92 Å². The van der Waals surface area contributed by atoms with E-state index in [-0.39, 0.29) is 11.3 Å². The summed E-state index contributed by atoms with van der Waals surface area (Å²) in [4.78, 5) is 10.9. The number of aromatic carboxylic acids is 1. The van der Waals surface area contributed by atoms with Gasteiger partial charge in [-0.1, -0.05) is 5.16 Å². The zero-order chi connectivity index (χ0) is 11.0. The number of carbonyl (C=O) groups is 1. The van der Waals surface area contributed by atoms with E-state index in [2.05, 4.69) is 10.3 Å². The van der Waals surface area contributed by atoms with E-state index < -0.39 is 5.97 Å². The van der Waals surface area contributed by atoms with Crippen LogP contribution in [0.15, 0.2) is 16.9 Å². The normalized spacial score (nSPS) is 10.5. The van der Waals surface area contributed by atoms with Gasteiger partial charge in [-0.25, -0.2) is 4.79 Å². The van der Waals surface area contributed by atoms with Crippen molar-refractivity contribution in [3.05, 3.63) is 23.5 Å². The quantitative estimate of drug-likeness (QED) is 0.796. The second kappa shape index (κ2) is 3.23. The van der Waals surface area contributed by atoms with Gasteiger partial charge in [0.1, 0.15) is 11.3 Å². The van der Waals surface area contributed by atoms with Crippen molar-refractivity contribution in [2.75, 3.05) is 0 Å². The van der Waals surface area contributed by atoms with Crippen LogP contribution >= 0.6 is 0 Å². The third-order valence-corrected chi connectivity index (χ3v) is 2.14. The molecule has 0 unspecified atom stereocenters. The molecule has 0 saturated heterocycles. The molecule has 0 aromatic carbocycles. The lowest BCUT2D eigenvalue weighted by molar-refractivity contribution is 0.0697. The Morgan fingerprint density at radius 3 is 2.80 bits per heavy atom. The van der Waals surface area contributed by atoms with E-state index in [0.29, 0.717) is 5.69 Å². The molecule has 0 saturated carbocycles. The molecule has 0 aliphatic carbocycles. The van der Waals surface area contributed by atoms with Crippen molar-refractivity contribution in [3.63, 3.8) is 0 Å². The van der Waals surface area contributed by atoms with Gasteiger partial charge in [0.25, 0.3) is 0 Å². The fraction of sp³-hybridized carbons (Fsp3) is 0.222. The number of rotatable bonds is 2. The molecule has 0 bridgehead atoms. The Hall–Kier alpha value is -2.11. The van der Waals surface area contributed by atoms with Gasteiger partial charge >= 0.3 is 5.97 Å². The molecule has 2 aromatic heterocycles. The molecule has 78 valence electrons. The van der Waals surface area contributed by atoms with E-state index in [9.17, 15) is 4.79 Å². The van der Waals surface area contributed by atoms with Crippen LogP contribution in [0, 0.1) is 6.92 Å². The number of carboxylic acid groups (broad SMARTS) is 1. The minimum Gasteiger partial charge on any atom is -0.477 e. The third kappa shape index (κ3) is 1.39. The number of hydrogen-bond acceptors (Lipinski definition) is 4. The highest BCUT2D eigenvalue weighted by Crippen LogP contribution is 2.25. The highest BCUT2D eigenvalue weighted by molar-refractivity contribution is 5.93. The van der Waals surface area contributed by atoms with E-state index >= 15 is 0 Å². The summed E-state index contributed by atoms with van der Waals surface area (Å²) in [7, 11) is 1.72. The molecule has 2 aromatic rings. The van der Waals surface area contributed by atoms with Gasteiger partial charge in [-0.05, 0) is 12.5 Å². The summed E-state index contributed by atoms with van der Waals surface area (Å²) in [6.07, 6.45) is 2.83. The second-order valence-corrected chi connectivity index (χ2v) is 3.17. The second-order valence-electron chi connectivity index (χ2n) is 3.17. The zero-order valence-corrected chi connectivity index (χ0v) is 8.26. The molecule has 6 heteroatoms. The number of hydrogen-bond donors (Lipinski definition) is 1. The maximum Gasteiger partial charge on any atom is 0.341 e. The minimum absolute atomic E-state index is 0.0432. The summed E-state index contributed by atoms with van der Waals surface area (Å²) in [5.74, 6) is -0.827. The van der Waals surface area contributed by atoms with Gasteiger partial charge in [-0.3, -0.25) is 4.68 Å². The molecule has 0 radical (unpaired) electrons.